The van der Waals surface area contributed by atoms with E-state index in [1.165, 1.54) is 12.1 Å². The maximum atomic E-state index is 12.4. The predicted octanol–water partition coefficient (Wildman–Crippen LogP) is 3.52. The molecular weight excluding hydrogens is 291 g/mol. The van der Waals surface area contributed by atoms with Crippen LogP contribution in [-0.2, 0) is 17.4 Å². The van der Waals surface area contributed by atoms with Crippen LogP contribution in [-0.4, -0.2) is 17.3 Å². The van der Waals surface area contributed by atoms with Gasteiger partial charge in [0.1, 0.15) is 0 Å². The van der Waals surface area contributed by atoms with Crippen LogP contribution in [0.4, 0.5) is 13.2 Å². The molecule has 0 aromatic heterocycles. The fraction of sp³-hybridized carbons (Fsp3) is 0.500. The molecule has 6 heteroatoms. The van der Waals surface area contributed by atoms with Crippen molar-refractivity contribution in [1.82, 2.24) is 5.32 Å². The smallest absolute Gasteiger partial charge is 0.352 e. The van der Waals surface area contributed by atoms with E-state index in [0.29, 0.717) is 5.56 Å². The van der Waals surface area contributed by atoms with Gasteiger partial charge >= 0.3 is 6.18 Å². The number of benzene rings is 1. The molecule has 0 aliphatic heterocycles. The lowest BCUT2D eigenvalue weighted by Crippen LogP contribution is -2.38. The Labute approximate surface area is 120 Å². The molecule has 1 aromatic rings. The summed E-state index contributed by atoms with van der Waals surface area (Å²) < 4.78 is 37.2. The maximum Gasteiger partial charge on any atom is 0.416 e. The van der Waals surface area contributed by atoms with E-state index in [1.807, 2.05) is 0 Å². The minimum absolute atomic E-state index is 0.0291. The lowest BCUT2D eigenvalue weighted by Gasteiger charge is -2.16. The lowest BCUT2D eigenvalue weighted by atomic mass is 10.1. The molecule has 1 saturated carbocycles. The van der Waals surface area contributed by atoms with Crippen molar-refractivity contribution in [2.45, 2.75) is 43.3 Å². The third-order valence-corrected chi connectivity index (χ3v) is 3.95. The molecule has 1 aliphatic rings. The van der Waals surface area contributed by atoms with Crippen molar-refractivity contribution in [2.24, 2.45) is 0 Å². The van der Waals surface area contributed by atoms with Gasteiger partial charge in [0.15, 0.2) is 0 Å². The van der Waals surface area contributed by atoms with Crippen molar-refractivity contribution in [3.63, 3.8) is 0 Å². The molecule has 0 spiro atoms. The highest BCUT2D eigenvalue weighted by Gasteiger charge is 2.30. The minimum Gasteiger partial charge on any atom is -0.352 e. The Balaban J connectivity index is 1.91. The van der Waals surface area contributed by atoms with Crippen molar-refractivity contribution < 1.29 is 18.0 Å². The second kappa shape index (κ2) is 6.04. The second-order valence-corrected chi connectivity index (χ2v) is 5.55. The minimum atomic E-state index is -4.35. The number of alkyl halides is 4. The Morgan fingerprint density at radius 2 is 1.90 bits per heavy atom. The van der Waals surface area contributed by atoms with Gasteiger partial charge in [0.2, 0.25) is 5.91 Å². The van der Waals surface area contributed by atoms with Gasteiger partial charge in [0.05, 0.1) is 17.4 Å². The SMILES string of the molecule is O=C(Cc1ccc(C(F)(F)F)cc1)NC1CCCC1Cl. The summed E-state index contributed by atoms with van der Waals surface area (Å²) in [4.78, 5) is 11.8. The molecule has 2 rings (SSSR count). The van der Waals surface area contributed by atoms with Crippen LogP contribution in [0.25, 0.3) is 0 Å². The van der Waals surface area contributed by atoms with E-state index in [2.05, 4.69) is 5.32 Å². The van der Waals surface area contributed by atoms with E-state index in [0.717, 1.165) is 31.4 Å². The molecule has 1 aromatic carbocycles. The average molecular weight is 306 g/mol. The number of hydrogen-bond donors (Lipinski definition) is 1. The monoisotopic (exact) mass is 305 g/mol. The molecule has 1 amide bonds. The molecule has 110 valence electrons. The van der Waals surface area contributed by atoms with Gasteiger partial charge in [-0.05, 0) is 37.0 Å². The molecule has 0 saturated heterocycles. The van der Waals surface area contributed by atoms with E-state index in [9.17, 15) is 18.0 Å². The second-order valence-electron chi connectivity index (χ2n) is 4.99. The number of halogens is 4. The van der Waals surface area contributed by atoms with Gasteiger partial charge < -0.3 is 5.32 Å². The first kappa shape index (κ1) is 15.2. The van der Waals surface area contributed by atoms with Gasteiger partial charge in [-0.2, -0.15) is 13.2 Å². The quantitative estimate of drug-likeness (QED) is 0.851. The molecule has 0 bridgehead atoms. The van der Waals surface area contributed by atoms with E-state index in [-0.39, 0.29) is 23.7 Å². The van der Waals surface area contributed by atoms with Gasteiger partial charge in [-0.15, -0.1) is 11.6 Å². The molecule has 2 atom stereocenters. The summed E-state index contributed by atoms with van der Waals surface area (Å²) in [5.74, 6) is -0.206. The van der Waals surface area contributed by atoms with Crippen molar-refractivity contribution >= 4 is 17.5 Å². The number of carbonyl (C=O) groups excluding carboxylic acids is 1. The normalized spacial score (nSPS) is 22.8. The highest BCUT2D eigenvalue weighted by Crippen LogP contribution is 2.29. The van der Waals surface area contributed by atoms with Crippen LogP contribution in [0.15, 0.2) is 24.3 Å². The summed E-state index contributed by atoms with van der Waals surface area (Å²) in [6, 6.07) is 4.61. The molecule has 1 fully saturated rings. The van der Waals surface area contributed by atoms with Gasteiger partial charge in [-0.1, -0.05) is 12.1 Å². The van der Waals surface area contributed by atoms with Gasteiger partial charge in [0, 0.05) is 6.04 Å². The molecular formula is C14H15ClF3NO. The van der Waals surface area contributed by atoms with Gasteiger partial charge in [-0.25, -0.2) is 0 Å². The average Bonchev–Trinajstić information content (AvgIpc) is 2.74. The number of hydrogen-bond acceptors (Lipinski definition) is 1. The molecule has 0 heterocycles. The topological polar surface area (TPSA) is 29.1 Å². The van der Waals surface area contributed by atoms with Gasteiger partial charge in [0.25, 0.3) is 0 Å². The zero-order chi connectivity index (χ0) is 14.8. The van der Waals surface area contributed by atoms with E-state index in [4.69, 9.17) is 11.6 Å². The van der Waals surface area contributed by atoms with Crippen LogP contribution in [0.2, 0.25) is 0 Å². The molecule has 2 unspecified atom stereocenters. The zero-order valence-corrected chi connectivity index (χ0v) is 11.5. The Morgan fingerprint density at radius 1 is 1.25 bits per heavy atom. The first-order valence-corrected chi connectivity index (χ1v) is 6.89. The Kier molecular flexibility index (Phi) is 4.58. The number of amides is 1. The Morgan fingerprint density at radius 3 is 2.40 bits per heavy atom. The summed E-state index contributed by atoms with van der Waals surface area (Å²) >= 11 is 6.06. The third kappa shape index (κ3) is 3.88. The van der Waals surface area contributed by atoms with Crippen LogP contribution in [0.5, 0.6) is 0 Å². The molecule has 20 heavy (non-hydrogen) atoms. The molecule has 2 nitrogen and oxygen atoms in total. The summed E-state index contributed by atoms with van der Waals surface area (Å²) in [6.07, 6.45) is -1.56. The highest BCUT2D eigenvalue weighted by atomic mass is 35.5. The third-order valence-electron chi connectivity index (χ3n) is 3.42. The van der Waals surface area contributed by atoms with Crippen LogP contribution in [0, 0.1) is 0 Å². The van der Waals surface area contributed by atoms with Crippen molar-refractivity contribution in [1.29, 1.82) is 0 Å². The molecule has 0 radical (unpaired) electrons. The van der Waals surface area contributed by atoms with Crippen molar-refractivity contribution in [3.8, 4) is 0 Å². The van der Waals surface area contributed by atoms with E-state index < -0.39 is 11.7 Å². The van der Waals surface area contributed by atoms with Gasteiger partial charge in [-0.3, -0.25) is 4.79 Å². The molecule has 1 N–H and O–H groups in total. The fourth-order valence-corrected chi connectivity index (χ4v) is 2.68. The van der Waals surface area contributed by atoms with Crippen LogP contribution in [0.1, 0.15) is 30.4 Å². The zero-order valence-electron chi connectivity index (χ0n) is 10.7. The largest absolute Gasteiger partial charge is 0.416 e. The number of nitrogens with one attached hydrogen (secondary N) is 1. The fourth-order valence-electron chi connectivity index (χ4n) is 2.33. The van der Waals surface area contributed by atoms with Crippen LogP contribution < -0.4 is 5.32 Å². The molecule has 1 aliphatic carbocycles. The van der Waals surface area contributed by atoms with E-state index >= 15 is 0 Å². The maximum absolute atomic E-state index is 12.4. The summed E-state index contributed by atoms with van der Waals surface area (Å²) in [5.41, 5.74) is -0.155. The van der Waals surface area contributed by atoms with Crippen LogP contribution in [0.3, 0.4) is 0 Å². The Bertz CT molecular complexity index is 472. The lowest BCUT2D eigenvalue weighted by molar-refractivity contribution is -0.137. The summed E-state index contributed by atoms with van der Waals surface area (Å²) in [5, 5.41) is 2.78. The Hall–Kier alpha value is -1.23. The van der Waals surface area contributed by atoms with E-state index in [1.54, 1.807) is 0 Å². The number of rotatable bonds is 3. The highest BCUT2D eigenvalue weighted by molar-refractivity contribution is 6.21. The van der Waals surface area contributed by atoms with Crippen molar-refractivity contribution in [2.75, 3.05) is 0 Å². The number of carbonyl (C=O) groups is 1. The predicted molar refractivity (Wildman–Crippen MR) is 70.6 cm³/mol. The first-order chi connectivity index (χ1) is 9.36. The summed E-state index contributed by atoms with van der Waals surface area (Å²) in [7, 11) is 0. The standard InChI is InChI=1S/C14H15ClF3NO/c15-11-2-1-3-12(11)19-13(20)8-9-4-6-10(7-5-9)14(16,17)18/h4-7,11-12H,1-3,8H2,(H,19,20). The summed E-state index contributed by atoms with van der Waals surface area (Å²) in [6.45, 7) is 0. The van der Waals surface area contributed by atoms with Crippen molar-refractivity contribution in [3.05, 3.63) is 35.4 Å². The van der Waals surface area contributed by atoms with Crippen LogP contribution >= 0.6 is 11.6 Å². The first-order valence-electron chi connectivity index (χ1n) is 6.46.